The third-order valence-electron chi connectivity index (χ3n) is 3.56. The minimum absolute atomic E-state index is 0. The summed E-state index contributed by atoms with van der Waals surface area (Å²) in [4.78, 5) is 26.7. The summed E-state index contributed by atoms with van der Waals surface area (Å²) in [5.74, 6) is -0.536. The highest BCUT2D eigenvalue weighted by Crippen LogP contribution is 2.12. The molecular weight excluding hydrogens is 419 g/mol. The van der Waals surface area contributed by atoms with E-state index >= 15 is 0 Å². The number of rotatable bonds is 3. The number of carbonyl (C=O) groups is 1. The van der Waals surface area contributed by atoms with Gasteiger partial charge in [0.05, 0.1) is 0 Å². The van der Waals surface area contributed by atoms with Crippen molar-refractivity contribution >= 4 is 28.3 Å². The minimum Gasteiger partial charge on any atom is -1.00 e. The lowest BCUT2D eigenvalue weighted by molar-refractivity contribution is -0.353. The van der Waals surface area contributed by atoms with Crippen LogP contribution in [0.2, 0.25) is 0 Å². The molecule has 6 heteroatoms. The molecule has 0 saturated carbocycles. The summed E-state index contributed by atoms with van der Waals surface area (Å²) in [6.45, 7) is 1.75. The van der Waals surface area contributed by atoms with Gasteiger partial charge in [0, 0.05) is 18.4 Å². The molecule has 0 fully saturated rings. The Balaban J connectivity index is 0.00000208. The average Bonchev–Trinajstić information content (AvgIpc) is 2.54. The first-order valence-electron chi connectivity index (χ1n) is 7.09. The van der Waals surface area contributed by atoms with Crippen LogP contribution in [0.3, 0.4) is 0 Å². The molecule has 3 N–H and O–H groups in total. The number of halogens is 1. The lowest BCUT2D eigenvalue weighted by Gasteiger charge is -2.00. The molecule has 0 aliphatic rings. The van der Waals surface area contributed by atoms with Gasteiger partial charge in [-0.15, -0.1) is 0 Å². The smallest absolute Gasteiger partial charge is 0.349 e. The van der Waals surface area contributed by atoms with Gasteiger partial charge in [-0.2, -0.15) is 0 Å². The summed E-state index contributed by atoms with van der Waals surface area (Å²) in [6.07, 6.45) is 0. The molecule has 0 saturated heterocycles. The highest BCUT2D eigenvalue weighted by atomic mass is 127. The number of nitrogens with two attached hydrogens (primary N) is 1. The minimum atomic E-state index is -0.536. The zero-order chi connectivity index (χ0) is 16.4. The van der Waals surface area contributed by atoms with Crippen molar-refractivity contribution in [3.63, 3.8) is 0 Å². The molecule has 0 spiro atoms. The number of hydrogen-bond donors (Lipinski definition) is 2. The van der Waals surface area contributed by atoms with E-state index in [-0.39, 0.29) is 24.0 Å². The Labute approximate surface area is 155 Å². The molecule has 0 atom stereocenters. The fourth-order valence-electron chi connectivity index (χ4n) is 2.40. The van der Waals surface area contributed by atoms with Crippen molar-refractivity contribution in [2.24, 2.45) is 5.73 Å². The summed E-state index contributed by atoms with van der Waals surface area (Å²) in [5, 5.41) is 0.825. The number of primary amides is 1. The Morgan fingerprint density at radius 3 is 2.46 bits per heavy atom. The van der Waals surface area contributed by atoms with Crippen LogP contribution < -0.4 is 40.3 Å². The molecule has 2 aromatic carbocycles. The first-order chi connectivity index (χ1) is 11.1. The number of benzene rings is 2. The standard InChI is InChI=1S/C18H14N2O3.HI/c1-11(20-15-8-4-3-7-13(15)17(19)21)14-10-12-6-2-5-9-16(12)23-18(14)22;/h2-10H,1H3,(H2,19,21);1H. The maximum absolute atomic E-state index is 12.2. The Bertz CT molecular complexity index is 993. The zero-order valence-electron chi connectivity index (χ0n) is 12.9. The predicted molar refractivity (Wildman–Crippen MR) is 87.8 cm³/mol. The first kappa shape index (κ1) is 17.9. The number of nitrogens with one attached hydrogen (secondary N) is 1. The molecule has 0 aliphatic heterocycles. The van der Waals surface area contributed by atoms with Crippen LogP contribution in [0.25, 0.3) is 11.0 Å². The van der Waals surface area contributed by atoms with E-state index in [1.54, 1.807) is 43.3 Å². The molecule has 122 valence electrons. The fourth-order valence-corrected chi connectivity index (χ4v) is 2.40. The average molecular weight is 434 g/mol. The SMILES string of the molecule is CC(=[NH+]c1ccccc1C(N)=O)c1cc2ccccc2oc1=O.[I-]. The molecule has 1 aromatic heterocycles. The number of carbonyl (C=O) groups excluding carboxylic acids is 1. The van der Waals surface area contributed by atoms with Crippen LogP contribution in [0.15, 0.2) is 63.8 Å². The number of fused-ring (bicyclic) bond motifs is 1. The van der Waals surface area contributed by atoms with Gasteiger partial charge in [0.15, 0.2) is 5.71 Å². The van der Waals surface area contributed by atoms with Gasteiger partial charge in [0.25, 0.3) is 5.91 Å². The first-order valence-corrected chi connectivity index (χ1v) is 7.09. The molecule has 5 nitrogen and oxygen atoms in total. The molecule has 0 bridgehead atoms. The van der Waals surface area contributed by atoms with E-state index in [1.807, 2.05) is 18.2 Å². The van der Waals surface area contributed by atoms with E-state index in [2.05, 4.69) is 4.99 Å². The van der Waals surface area contributed by atoms with Crippen LogP contribution in [-0.4, -0.2) is 11.6 Å². The molecule has 24 heavy (non-hydrogen) atoms. The quantitative estimate of drug-likeness (QED) is 0.288. The zero-order valence-corrected chi connectivity index (χ0v) is 15.0. The van der Waals surface area contributed by atoms with E-state index in [0.29, 0.717) is 28.1 Å². The molecule has 0 radical (unpaired) electrons. The third kappa shape index (κ3) is 3.53. The summed E-state index contributed by atoms with van der Waals surface area (Å²) in [6, 6.07) is 15.9. The molecule has 1 heterocycles. The van der Waals surface area contributed by atoms with E-state index in [9.17, 15) is 9.59 Å². The third-order valence-corrected chi connectivity index (χ3v) is 3.56. The molecule has 3 rings (SSSR count). The topological polar surface area (TPSA) is 87.3 Å². The fraction of sp³-hybridized carbons (Fsp3) is 0.0556. The van der Waals surface area contributed by atoms with Crippen LogP contribution in [0.4, 0.5) is 5.69 Å². The Morgan fingerprint density at radius 1 is 1.04 bits per heavy atom. The summed E-state index contributed by atoms with van der Waals surface area (Å²) in [5.41, 5.74) is 7.35. The van der Waals surface area contributed by atoms with Gasteiger partial charge in [-0.25, -0.2) is 9.79 Å². The number of amides is 1. The summed E-state index contributed by atoms with van der Waals surface area (Å²) < 4.78 is 5.32. The van der Waals surface area contributed by atoms with Crippen LogP contribution >= 0.6 is 0 Å². The lowest BCUT2D eigenvalue weighted by Crippen LogP contribution is -3.00. The van der Waals surface area contributed by atoms with Crippen LogP contribution in [-0.2, 0) is 0 Å². The Hall–Kier alpha value is -2.48. The van der Waals surface area contributed by atoms with Gasteiger partial charge in [-0.1, -0.05) is 30.3 Å². The van der Waals surface area contributed by atoms with Crippen molar-refractivity contribution in [2.45, 2.75) is 6.92 Å². The van der Waals surface area contributed by atoms with Crippen LogP contribution in [0.1, 0.15) is 22.8 Å². The van der Waals surface area contributed by atoms with Crippen molar-refractivity contribution < 1.29 is 38.2 Å². The van der Waals surface area contributed by atoms with Gasteiger partial charge in [0.2, 0.25) is 5.69 Å². The number of hydrogen-bond acceptors (Lipinski definition) is 3. The number of para-hydroxylation sites is 2. The van der Waals surface area contributed by atoms with Gasteiger partial charge >= 0.3 is 5.63 Å². The molecule has 0 aliphatic carbocycles. The highest BCUT2D eigenvalue weighted by molar-refractivity contribution is 5.99. The van der Waals surface area contributed by atoms with Gasteiger partial charge in [-0.05, 0) is 18.2 Å². The van der Waals surface area contributed by atoms with Crippen molar-refractivity contribution in [3.8, 4) is 0 Å². The maximum atomic E-state index is 12.2. The molecule has 3 aromatic rings. The maximum Gasteiger partial charge on any atom is 0.349 e. The van der Waals surface area contributed by atoms with Crippen LogP contribution in [0, 0.1) is 0 Å². The van der Waals surface area contributed by atoms with E-state index in [4.69, 9.17) is 10.2 Å². The van der Waals surface area contributed by atoms with Gasteiger partial charge < -0.3 is 34.1 Å². The summed E-state index contributed by atoms with van der Waals surface area (Å²) >= 11 is 0. The van der Waals surface area contributed by atoms with Crippen molar-refractivity contribution in [2.75, 3.05) is 0 Å². The van der Waals surface area contributed by atoms with E-state index in [1.165, 1.54) is 0 Å². The molecule has 0 unspecified atom stereocenters. The van der Waals surface area contributed by atoms with Gasteiger partial charge in [0.1, 0.15) is 16.7 Å². The highest BCUT2D eigenvalue weighted by Gasteiger charge is 2.16. The largest absolute Gasteiger partial charge is 1.00 e. The normalized spacial score (nSPS) is 11.1. The monoisotopic (exact) mass is 434 g/mol. The lowest BCUT2D eigenvalue weighted by atomic mass is 10.1. The van der Waals surface area contributed by atoms with Gasteiger partial charge in [-0.3, -0.25) is 4.79 Å². The predicted octanol–water partition coefficient (Wildman–Crippen LogP) is -1.88. The second-order valence-corrected chi connectivity index (χ2v) is 5.15. The summed E-state index contributed by atoms with van der Waals surface area (Å²) in [7, 11) is 0. The van der Waals surface area contributed by atoms with E-state index < -0.39 is 11.5 Å². The van der Waals surface area contributed by atoms with Crippen LogP contribution in [0.5, 0.6) is 0 Å². The van der Waals surface area contributed by atoms with Crippen molar-refractivity contribution in [1.29, 1.82) is 0 Å². The second-order valence-electron chi connectivity index (χ2n) is 5.15. The van der Waals surface area contributed by atoms with Crippen molar-refractivity contribution in [3.05, 3.63) is 76.1 Å². The van der Waals surface area contributed by atoms with E-state index in [0.717, 1.165) is 5.39 Å². The second kappa shape index (κ2) is 7.39. The molecule has 1 amide bonds. The Morgan fingerprint density at radius 2 is 1.71 bits per heavy atom. The van der Waals surface area contributed by atoms with Crippen molar-refractivity contribution in [1.82, 2.24) is 0 Å². The molecular formula is C18H15IN2O3. The Kier molecular flexibility index (Phi) is 5.50.